The van der Waals surface area contributed by atoms with E-state index in [0.29, 0.717) is 32.4 Å². The minimum atomic E-state index is -0.526. The number of rotatable bonds is 4. The van der Waals surface area contributed by atoms with Crippen molar-refractivity contribution in [3.05, 3.63) is 30.1 Å². The van der Waals surface area contributed by atoms with E-state index in [1.54, 1.807) is 20.4 Å². The van der Waals surface area contributed by atoms with Crippen molar-refractivity contribution in [1.29, 1.82) is 0 Å². The van der Waals surface area contributed by atoms with Crippen molar-refractivity contribution < 1.29 is 14.3 Å². The molecule has 1 saturated heterocycles. The standard InChI is InChI=1S/C14H20N2O3/c1-18-14(19-2)6-9-16(10-7-14)13(17)11-12-5-3-4-8-15-12/h3-5,8H,6-7,9-11H2,1-2H3. The number of nitrogens with zero attached hydrogens (tertiary/aromatic N) is 2. The van der Waals surface area contributed by atoms with Gasteiger partial charge < -0.3 is 14.4 Å². The number of likely N-dealkylation sites (tertiary alicyclic amines) is 1. The van der Waals surface area contributed by atoms with Crippen LogP contribution in [-0.4, -0.2) is 48.9 Å². The lowest BCUT2D eigenvalue weighted by atomic mass is 10.0. The van der Waals surface area contributed by atoms with E-state index in [2.05, 4.69) is 4.98 Å². The first-order valence-electron chi connectivity index (χ1n) is 6.47. The van der Waals surface area contributed by atoms with Gasteiger partial charge in [0, 0.05) is 52.0 Å². The van der Waals surface area contributed by atoms with Crippen molar-refractivity contribution in [2.45, 2.75) is 25.0 Å². The molecule has 0 aromatic carbocycles. The van der Waals surface area contributed by atoms with Gasteiger partial charge in [-0.3, -0.25) is 9.78 Å². The molecule has 0 radical (unpaired) electrons. The van der Waals surface area contributed by atoms with Gasteiger partial charge in [0.15, 0.2) is 5.79 Å². The highest BCUT2D eigenvalue weighted by molar-refractivity contribution is 5.78. The Morgan fingerprint density at radius 1 is 1.32 bits per heavy atom. The first kappa shape index (κ1) is 14.0. The summed E-state index contributed by atoms with van der Waals surface area (Å²) in [6, 6.07) is 5.61. The first-order valence-corrected chi connectivity index (χ1v) is 6.47. The smallest absolute Gasteiger partial charge is 0.228 e. The van der Waals surface area contributed by atoms with Crippen LogP contribution >= 0.6 is 0 Å². The molecule has 1 aromatic rings. The summed E-state index contributed by atoms with van der Waals surface area (Å²) in [5, 5.41) is 0. The number of hydrogen-bond acceptors (Lipinski definition) is 4. The maximum absolute atomic E-state index is 12.2. The molecular weight excluding hydrogens is 244 g/mol. The van der Waals surface area contributed by atoms with Crippen LogP contribution in [0.5, 0.6) is 0 Å². The van der Waals surface area contributed by atoms with Crippen LogP contribution < -0.4 is 0 Å². The van der Waals surface area contributed by atoms with Crippen LogP contribution in [0, 0.1) is 0 Å². The van der Waals surface area contributed by atoms with E-state index in [-0.39, 0.29) is 5.91 Å². The van der Waals surface area contributed by atoms with Crippen molar-refractivity contribution in [1.82, 2.24) is 9.88 Å². The van der Waals surface area contributed by atoms with Gasteiger partial charge in [0.05, 0.1) is 6.42 Å². The van der Waals surface area contributed by atoms with E-state index >= 15 is 0 Å². The third-order valence-electron chi connectivity index (χ3n) is 3.68. The molecule has 0 aliphatic carbocycles. The molecule has 0 atom stereocenters. The summed E-state index contributed by atoms with van der Waals surface area (Å²) in [7, 11) is 3.30. The van der Waals surface area contributed by atoms with E-state index < -0.39 is 5.79 Å². The Balaban J connectivity index is 1.89. The van der Waals surface area contributed by atoms with Crippen LogP contribution in [0.25, 0.3) is 0 Å². The van der Waals surface area contributed by atoms with Gasteiger partial charge in [-0.15, -0.1) is 0 Å². The molecule has 1 amide bonds. The van der Waals surface area contributed by atoms with E-state index in [1.807, 2.05) is 23.1 Å². The fraction of sp³-hybridized carbons (Fsp3) is 0.571. The number of hydrogen-bond donors (Lipinski definition) is 0. The zero-order chi connectivity index (χ0) is 13.7. The number of piperidine rings is 1. The minimum absolute atomic E-state index is 0.111. The summed E-state index contributed by atoms with van der Waals surface area (Å²) in [6.07, 6.45) is 3.47. The summed E-state index contributed by atoms with van der Waals surface area (Å²) >= 11 is 0. The Kier molecular flexibility index (Phi) is 4.50. The Morgan fingerprint density at radius 3 is 2.53 bits per heavy atom. The lowest BCUT2D eigenvalue weighted by Crippen LogP contribution is -2.49. The molecule has 2 rings (SSSR count). The largest absolute Gasteiger partial charge is 0.353 e. The van der Waals surface area contributed by atoms with Crippen LogP contribution in [0.1, 0.15) is 18.5 Å². The van der Waals surface area contributed by atoms with Crippen LogP contribution in [0.15, 0.2) is 24.4 Å². The molecule has 0 N–H and O–H groups in total. The van der Waals surface area contributed by atoms with E-state index in [4.69, 9.17) is 9.47 Å². The average molecular weight is 264 g/mol. The van der Waals surface area contributed by atoms with Crippen LogP contribution in [0.2, 0.25) is 0 Å². The average Bonchev–Trinajstić information content (AvgIpc) is 2.48. The third-order valence-corrected chi connectivity index (χ3v) is 3.68. The van der Waals surface area contributed by atoms with Gasteiger partial charge in [0.2, 0.25) is 5.91 Å². The van der Waals surface area contributed by atoms with Crippen molar-refractivity contribution in [3.63, 3.8) is 0 Å². The molecule has 0 bridgehead atoms. The molecule has 1 fully saturated rings. The third kappa shape index (κ3) is 3.30. The van der Waals surface area contributed by atoms with Crippen molar-refractivity contribution in [2.24, 2.45) is 0 Å². The highest BCUT2D eigenvalue weighted by Gasteiger charge is 2.35. The maximum Gasteiger partial charge on any atom is 0.228 e. The number of methoxy groups -OCH3 is 2. The Hall–Kier alpha value is -1.46. The van der Waals surface area contributed by atoms with E-state index in [0.717, 1.165) is 5.69 Å². The molecule has 0 spiro atoms. The van der Waals surface area contributed by atoms with Gasteiger partial charge in [-0.2, -0.15) is 0 Å². The number of carbonyl (C=O) groups is 1. The van der Waals surface area contributed by atoms with Gasteiger partial charge in [-0.1, -0.05) is 6.07 Å². The molecule has 1 aliphatic heterocycles. The van der Waals surface area contributed by atoms with Crippen molar-refractivity contribution >= 4 is 5.91 Å². The normalized spacial score (nSPS) is 18.3. The van der Waals surface area contributed by atoms with Crippen molar-refractivity contribution in [2.75, 3.05) is 27.3 Å². The van der Waals surface area contributed by atoms with Gasteiger partial charge >= 0.3 is 0 Å². The molecule has 0 saturated carbocycles. The van der Waals surface area contributed by atoms with E-state index in [9.17, 15) is 4.79 Å². The summed E-state index contributed by atoms with van der Waals surface area (Å²) in [4.78, 5) is 18.2. The number of aromatic nitrogens is 1. The molecule has 1 aliphatic rings. The highest BCUT2D eigenvalue weighted by atomic mass is 16.7. The Bertz CT molecular complexity index is 408. The van der Waals surface area contributed by atoms with Crippen molar-refractivity contribution in [3.8, 4) is 0 Å². The topological polar surface area (TPSA) is 51.7 Å². The quantitative estimate of drug-likeness (QED) is 0.768. The molecule has 104 valence electrons. The molecule has 19 heavy (non-hydrogen) atoms. The van der Waals surface area contributed by atoms with E-state index in [1.165, 1.54) is 0 Å². The zero-order valence-corrected chi connectivity index (χ0v) is 11.5. The summed E-state index contributed by atoms with van der Waals surface area (Å²) in [5.74, 6) is -0.415. The SMILES string of the molecule is COC1(OC)CCN(C(=O)Cc2ccccn2)CC1. The number of ether oxygens (including phenoxy) is 2. The fourth-order valence-electron chi connectivity index (χ4n) is 2.36. The summed E-state index contributed by atoms with van der Waals surface area (Å²) < 4.78 is 10.8. The Morgan fingerprint density at radius 2 is 2.00 bits per heavy atom. The molecule has 0 unspecified atom stereocenters. The van der Waals surface area contributed by atoms with Crippen LogP contribution in [-0.2, 0) is 20.7 Å². The minimum Gasteiger partial charge on any atom is -0.353 e. The molecular formula is C14H20N2O3. The lowest BCUT2D eigenvalue weighted by molar-refractivity contribution is -0.228. The zero-order valence-electron chi connectivity index (χ0n) is 11.5. The number of carbonyl (C=O) groups excluding carboxylic acids is 1. The summed E-state index contributed by atoms with van der Waals surface area (Å²) in [5.41, 5.74) is 0.808. The van der Waals surface area contributed by atoms with Crippen LogP contribution in [0.4, 0.5) is 0 Å². The lowest BCUT2D eigenvalue weighted by Gasteiger charge is -2.39. The second-order valence-electron chi connectivity index (χ2n) is 4.70. The molecule has 1 aromatic heterocycles. The Labute approximate surface area is 113 Å². The highest BCUT2D eigenvalue weighted by Crippen LogP contribution is 2.26. The van der Waals surface area contributed by atoms with Gasteiger partial charge in [-0.05, 0) is 12.1 Å². The predicted molar refractivity (Wildman–Crippen MR) is 70.5 cm³/mol. The number of pyridine rings is 1. The van der Waals surface area contributed by atoms with Crippen LogP contribution in [0.3, 0.4) is 0 Å². The second-order valence-corrected chi connectivity index (χ2v) is 4.70. The first-order chi connectivity index (χ1) is 9.19. The summed E-state index contributed by atoms with van der Waals surface area (Å²) in [6.45, 7) is 1.32. The molecule has 2 heterocycles. The van der Waals surface area contributed by atoms with Gasteiger partial charge in [-0.25, -0.2) is 0 Å². The second kappa shape index (κ2) is 6.12. The number of amides is 1. The van der Waals surface area contributed by atoms with Gasteiger partial charge in [0.25, 0.3) is 0 Å². The van der Waals surface area contributed by atoms with Gasteiger partial charge in [0.1, 0.15) is 0 Å². The predicted octanol–water partition coefficient (Wildman–Crippen LogP) is 1.24. The monoisotopic (exact) mass is 264 g/mol. The maximum atomic E-state index is 12.2. The molecule has 5 nitrogen and oxygen atoms in total. The fourth-order valence-corrected chi connectivity index (χ4v) is 2.36. The molecule has 5 heteroatoms.